The number of benzene rings is 3. The Kier molecular flexibility index (Phi) is 5.76. The van der Waals surface area contributed by atoms with Crippen molar-refractivity contribution in [3.05, 3.63) is 104 Å². The van der Waals surface area contributed by atoms with Crippen LogP contribution in [0.1, 0.15) is 22.3 Å². The molecule has 0 N–H and O–H groups in total. The van der Waals surface area contributed by atoms with E-state index < -0.39 is 5.97 Å². The van der Waals surface area contributed by atoms with Crippen LogP contribution in [0.25, 0.3) is 6.08 Å². The number of ether oxygens (including phenoxy) is 2. The van der Waals surface area contributed by atoms with E-state index in [-0.39, 0.29) is 5.70 Å². The van der Waals surface area contributed by atoms with Gasteiger partial charge in [0.15, 0.2) is 5.70 Å². The standard InChI is InChI=1S/C24H18INO3/c1-16-6-2-3-8-19(16)15-28-22-9-5-4-7-18(22)14-21-24(27)29-23(26-21)17-10-12-20(25)13-11-17/h2-14H,15H2,1H3/b21-14-. The zero-order chi connectivity index (χ0) is 20.2. The zero-order valence-corrected chi connectivity index (χ0v) is 17.9. The van der Waals surface area contributed by atoms with Gasteiger partial charge >= 0.3 is 5.97 Å². The Morgan fingerprint density at radius 3 is 2.52 bits per heavy atom. The molecule has 0 saturated heterocycles. The van der Waals surface area contributed by atoms with Crippen LogP contribution in [0.5, 0.6) is 5.75 Å². The summed E-state index contributed by atoms with van der Waals surface area (Å²) in [4.78, 5) is 16.7. The Morgan fingerprint density at radius 2 is 1.72 bits per heavy atom. The SMILES string of the molecule is Cc1ccccc1COc1ccccc1/C=C1\N=C(c2ccc(I)cc2)OC1=O. The summed E-state index contributed by atoms with van der Waals surface area (Å²) < 4.78 is 12.5. The van der Waals surface area contributed by atoms with Gasteiger partial charge in [-0.15, -0.1) is 0 Å². The number of hydrogen-bond acceptors (Lipinski definition) is 4. The molecule has 0 fully saturated rings. The lowest BCUT2D eigenvalue weighted by atomic mass is 10.1. The van der Waals surface area contributed by atoms with Crippen molar-refractivity contribution in [2.75, 3.05) is 0 Å². The van der Waals surface area contributed by atoms with E-state index in [4.69, 9.17) is 9.47 Å². The molecule has 1 heterocycles. The minimum absolute atomic E-state index is 0.255. The Morgan fingerprint density at radius 1 is 1.00 bits per heavy atom. The number of carbonyl (C=O) groups is 1. The monoisotopic (exact) mass is 495 g/mol. The lowest BCUT2D eigenvalue weighted by Crippen LogP contribution is -2.05. The summed E-state index contributed by atoms with van der Waals surface area (Å²) in [6.07, 6.45) is 1.70. The first kappa shape index (κ1) is 19.4. The third kappa shape index (κ3) is 4.56. The Hall–Kier alpha value is -2.93. The molecule has 3 aromatic carbocycles. The van der Waals surface area contributed by atoms with Gasteiger partial charge in [-0.05, 0) is 77.0 Å². The average Bonchev–Trinajstić information content (AvgIpc) is 3.09. The Balaban J connectivity index is 1.58. The topological polar surface area (TPSA) is 47.9 Å². The number of hydrogen-bond donors (Lipinski definition) is 0. The van der Waals surface area contributed by atoms with Gasteiger partial charge in [0.05, 0.1) is 0 Å². The lowest BCUT2D eigenvalue weighted by Gasteiger charge is -2.11. The van der Waals surface area contributed by atoms with Crippen molar-refractivity contribution in [2.45, 2.75) is 13.5 Å². The summed E-state index contributed by atoms with van der Waals surface area (Å²) in [5.41, 5.74) is 4.10. The summed E-state index contributed by atoms with van der Waals surface area (Å²) in [6.45, 7) is 2.51. The highest BCUT2D eigenvalue weighted by Crippen LogP contribution is 2.26. The molecule has 0 unspecified atom stereocenters. The second-order valence-electron chi connectivity index (χ2n) is 6.60. The normalized spacial score (nSPS) is 14.6. The van der Waals surface area contributed by atoms with Gasteiger partial charge in [-0.3, -0.25) is 0 Å². The quantitative estimate of drug-likeness (QED) is 0.266. The molecule has 1 aliphatic rings. The van der Waals surface area contributed by atoms with Crippen LogP contribution >= 0.6 is 22.6 Å². The number of carbonyl (C=O) groups excluding carboxylic acids is 1. The van der Waals surface area contributed by atoms with E-state index >= 15 is 0 Å². The number of aliphatic imine (C=N–C) groups is 1. The van der Waals surface area contributed by atoms with E-state index in [0.717, 1.165) is 20.3 Å². The number of nitrogens with zero attached hydrogens (tertiary/aromatic N) is 1. The van der Waals surface area contributed by atoms with Gasteiger partial charge in [0.2, 0.25) is 5.90 Å². The average molecular weight is 495 g/mol. The van der Waals surface area contributed by atoms with Crippen molar-refractivity contribution >= 4 is 40.5 Å². The largest absolute Gasteiger partial charge is 0.488 e. The molecule has 0 aromatic heterocycles. The molecule has 5 heteroatoms. The van der Waals surface area contributed by atoms with Gasteiger partial charge in [0.25, 0.3) is 0 Å². The highest BCUT2D eigenvalue weighted by atomic mass is 127. The van der Waals surface area contributed by atoms with Gasteiger partial charge in [0, 0.05) is 14.7 Å². The second kappa shape index (κ2) is 8.61. The van der Waals surface area contributed by atoms with Crippen molar-refractivity contribution in [1.29, 1.82) is 0 Å². The van der Waals surface area contributed by atoms with E-state index in [1.807, 2.05) is 66.7 Å². The molecule has 0 spiro atoms. The van der Waals surface area contributed by atoms with Crippen molar-refractivity contribution in [1.82, 2.24) is 0 Å². The fourth-order valence-electron chi connectivity index (χ4n) is 2.93. The molecule has 0 amide bonds. The second-order valence-corrected chi connectivity index (χ2v) is 7.84. The third-order valence-corrected chi connectivity index (χ3v) is 5.29. The van der Waals surface area contributed by atoms with E-state index in [1.54, 1.807) is 6.08 Å². The van der Waals surface area contributed by atoms with Crippen LogP contribution < -0.4 is 4.74 Å². The molecule has 1 aliphatic heterocycles. The first-order valence-electron chi connectivity index (χ1n) is 9.15. The predicted molar refractivity (Wildman–Crippen MR) is 122 cm³/mol. The van der Waals surface area contributed by atoms with Gasteiger partial charge < -0.3 is 9.47 Å². The molecule has 0 bridgehead atoms. The van der Waals surface area contributed by atoms with Gasteiger partial charge in [-0.1, -0.05) is 42.5 Å². The molecule has 0 radical (unpaired) electrons. The van der Waals surface area contributed by atoms with Crippen LogP contribution in [0.4, 0.5) is 0 Å². The molecule has 0 saturated carbocycles. The predicted octanol–water partition coefficient (Wildman–Crippen LogP) is 5.52. The van der Waals surface area contributed by atoms with E-state index in [1.165, 1.54) is 5.56 Å². The van der Waals surface area contributed by atoms with Gasteiger partial charge in [-0.25, -0.2) is 9.79 Å². The number of aryl methyl sites for hydroxylation is 1. The van der Waals surface area contributed by atoms with Crippen molar-refractivity contribution in [2.24, 2.45) is 4.99 Å². The minimum atomic E-state index is -0.466. The van der Waals surface area contributed by atoms with Crippen molar-refractivity contribution in [3.63, 3.8) is 0 Å². The molecule has 0 aliphatic carbocycles. The maximum atomic E-state index is 12.3. The molecule has 0 atom stereocenters. The van der Waals surface area contributed by atoms with Crippen LogP contribution in [-0.4, -0.2) is 11.9 Å². The smallest absolute Gasteiger partial charge is 0.363 e. The summed E-state index contributed by atoms with van der Waals surface area (Å²) in [5.74, 6) is 0.539. The molecule has 4 rings (SSSR count). The first-order chi connectivity index (χ1) is 14.1. The molecule has 144 valence electrons. The highest BCUT2D eigenvalue weighted by Gasteiger charge is 2.24. The molecule has 3 aromatic rings. The number of para-hydroxylation sites is 1. The summed E-state index contributed by atoms with van der Waals surface area (Å²) in [5, 5.41) is 0. The third-order valence-electron chi connectivity index (χ3n) is 4.57. The maximum absolute atomic E-state index is 12.3. The van der Waals surface area contributed by atoms with Crippen LogP contribution in [0.3, 0.4) is 0 Å². The molecule has 4 nitrogen and oxygen atoms in total. The lowest BCUT2D eigenvalue weighted by molar-refractivity contribution is -0.129. The fraction of sp³-hybridized carbons (Fsp3) is 0.0833. The first-order valence-corrected chi connectivity index (χ1v) is 10.2. The molecular weight excluding hydrogens is 477 g/mol. The summed E-state index contributed by atoms with van der Waals surface area (Å²) in [7, 11) is 0. The van der Waals surface area contributed by atoms with Crippen LogP contribution in [-0.2, 0) is 16.1 Å². The Bertz CT molecular complexity index is 1120. The molecule has 29 heavy (non-hydrogen) atoms. The summed E-state index contributed by atoms with van der Waals surface area (Å²) in [6, 6.07) is 23.4. The highest BCUT2D eigenvalue weighted by molar-refractivity contribution is 14.1. The van der Waals surface area contributed by atoms with Crippen molar-refractivity contribution < 1.29 is 14.3 Å². The number of cyclic esters (lactones) is 1. The number of halogens is 1. The Labute approximate surface area is 183 Å². The zero-order valence-electron chi connectivity index (χ0n) is 15.8. The van der Waals surface area contributed by atoms with E-state index in [9.17, 15) is 4.79 Å². The fourth-order valence-corrected chi connectivity index (χ4v) is 3.29. The van der Waals surface area contributed by atoms with E-state index in [2.05, 4.69) is 40.6 Å². The summed E-state index contributed by atoms with van der Waals surface area (Å²) >= 11 is 2.23. The maximum Gasteiger partial charge on any atom is 0.363 e. The minimum Gasteiger partial charge on any atom is -0.488 e. The van der Waals surface area contributed by atoms with Crippen LogP contribution in [0, 0.1) is 10.5 Å². The van der Waals surface area contributed by atoms with Crippen LogP contribution in [0.15, 0.2) is 83.5 Å². The number of esters is 1. The van der Waals surface area contributed by atoms with Gasteiger partial charge in [0.1, 0.15) is 12.4 Å². The van der Waals surface area contributed by atoms with Crippen molar-refractivity contribution in [3.8, 4) is 5.75 Å². The van der Waals surface area contributed by atoms with Crippen LogP contribution in [0.2, 0.25) is 0 Å². The van der Waals surface area contributed by atoms with E-state index in [0.29, 0.717) is 18.3 Å². The van der Waals surface area contributed by atoms with Gasteiger partial charge in [-0.2, -0.15) is 0 Å². The number of rotatable bonds is 5. The molecular formula is C24H18INO3.